The topological polar surface area (TPSA) is 72.9 Å². The van der Waals surface area contributed by atoms with Crippen LogP contribution in [0.4, 0.5) is 5.69 Å². The molecule has 1 heterocycles. The number of nitrogen functional groups attached to an aromatic ring is 1. The van der Waals surface area contributed by atoms with Gasteiger partial charge >= 0.3 is 0 Å². The van der Waals surface area contributed by atoms with Crippen LogP contribution in [0.3, 0.4) is 0 Å². The Morgan fingerprint density at radius 1 is 1.45 bits per heavy atom. The highest BCUT2D eigenvalue weighted by atomic mass is 79.9. The fourth-order valence-electron chi connectivity index (χ4n) is 1.90. The van der Waals surface area contributed by atoms with Crippen LogP contribution in [0.5, 0.6) is 0 Å². The smallest absolute Gasteiger partial charge is 0.242 e. The lowest BCUT2D eigenvalue weighted by Crippen LogP contribution is -2.28. The fraction of sp³-hybridized carbons (Fsp3) is 0.286. The van der Waals surface area contributed by atoms with E-state index in [1.54, 1.807) is 4.68 Å². The van der Waals surface area contributed by atoms with Crippen molar-refractivity contribution < 1.29 is 4.79 Å². The van der Waals surface area contributed by atoms with E-state index in [9.17, 15) is 4.79 Å². The lowest BCUT2D eigenvalue weighted by Gasteiger charge is -2.07. The lowest BCUT2D eigenvalue weighted by molar-refractivity contribution is -0.122. The van der Waals surface area contributed by atoms with Crippen LogP contribution < -0.4 is 11.1 Å². The standard InChI is InChI=1S/C14H17BrN4O/c1-9-14(16)10(2)19(18-9)8-13(20)17-7-11-4-3-5-12(15)6-11/h3-6H,7-8,16H2,1-2H3,(H,17,20). The maximum Gasteiger partial charge on any atom is 0.242 e. The van der Waals surface area contributed by atoms with E-state index >= 15 is 0 Å². The molecule has 0 radical (unpaired) electrons. The first-order chi connectivity index (χ1) is 9.47. The van der Waals surface area contributed by atoms with Crippen molar-refractivity contribution >= 4 is 27.5 Å². The first kappa shape index (κ1) is 14.6. The second kappa shape index (κ2) is 6.09. The maximum atomic E-state index is 11.9. The number of hydrogen-bond donors (Lipinski definition) is 2. The zero-order valence-electron chi connectivity index (χ0n) is 11.5. The molecule has 1 amide bonds. The Bertz CT molecular complexity index is 636. The van der Waals surface area contributed by atoms with Gasteiger partial charge in [-0.3, -0.25) is 9.48 Å². The number of amides is 1. The number of benzene rings is 1. The summed E-state index contributed by atoms with van der Waals surface area (Å²) in [5.74, 6) is -0.0874. The van der Waals surface area contributed by atoms with Crippen LogP contribution >= 0.6 is 15.9 Å². The number of nitrogens with zero attached hydrogens (tertiary/aromatic N) is 2. The van der Waals surface area contributed by atoms with Crippen LogP contribution in [-0.2, 0) is 17.9 Å². The van der Waals surface area contributed by atoms with Crippen molar-refractivity contribution in [2.24, 2.45) is 0 Å². The summed E-state index contributed by atoms with van der Waals surface area (Å²) in [6.07, 6.45) is 0. The first-order valence-electron chi connectivity index (χ1n) is 6.28. The van der Waals surface area contributed by atoms with Crippen molar-refractivity contribution in [1.82, 2.24) is 15.1 Å². The molecule has 0 saturated carbocycles. The molecular formula is C14H17BrN4O. The van der Waals surface area contributed by atoms with Crippen LogP contribution in [0.15, 0.2) is 28.7 Å². The molecule has 0 saturated heterocycles. The van der Waals surface area contributed by atoms with Gasteiger partial charge in [-0.2, -0.15) is 5.10 Å². The normalized spacial score (nSPS) is 10.6. The van der Waals surface area contributed by atoms with E-state index in [0.717, 1.165) is 21.4 Å². The third kappa shape index (κ3) is 3.39. The van der Waals surface area contributed by atoms with Crippen LogP contribution in [-0.4, -0.2) is 15.7 Å². The summed E-state index contributed by atoms with van der Waals surface area (Å²) in [6.45, 7) is 4.36. The van der Waals surface area contributed by atoms with Gasteiger partial charge in [0.1, 0.15) is 6.54 Å². The van der Waals surface area contributed by atoms with Crippen molar-refractivity contribution in [2.45, 2.75) is 26.9 Å². The summed E-state index contributed by atoms with van der Waals surface area (Å²) in [4.78, 5) is 11.9. The van der Waals surface area contributed by atoms with E-state index in [2.05, 4.69) is 26.3 Å². The third-order valence-electron chi connectivity index (χ3n) is 3.11. The molecule has 106 valence electrons. The molecule has 20 heavy (non-hydrogen) atoms. The highest BCUT2D eigenvalue weighted by Gasteiger charge is 2.11. The molecule has 1 aromatic carbocycles. The highest BCUT2D eigenvalue weighted by Crippen LogP contribution is 2.14. The Hall–Kier alpha value is -1.82. The molecule has 0 aliphatic rings. The second-order valence-electron chi connectivity index (χ2n) is 4.65. The fourth-order valence-corrected chi connectivity index (χ4v) is 2.35. The average molecular weight is 337 g/mol. The SMILES string of the molecule is Cc1nn(CC(=O)NCc2cccc(Br)c2)c(C)c1N. The summed E-state index contributed by atoms with van der Waals surface area (Å²) in [6, 6.07) is 7.82. The van der Waals surface area contributed by atoms with Crippen molar-refractivity contribution in [3.8, 4) is 0 Å². The average Bonchev–Trinajstić information content (AvgIpc) is 2.64. The summed E-state index contributed by atoms with van der Waals surface area (Å²) in [5.41, 5.74) is 9.10. The van der Waals surface area contributed by atoms with Crippen molar-refractivity contribution in [1.29, 1.82) is 0 Å². The van der Waals surface area contributed by atoms with Gasteiger partial charge in [0.15, 0.2) is 0 Å². The second-order valence-corrected chi connectivity index (χ2v) is 5.56. The molecular weight excluding hydrogens is 320 g/mol. The molecule has 0 aliphatic heterocycles. The lowest BCUT2D eigenvalue weighted by atomic mass is 10.2. The Balaban J connectivity index is 1.94. The predicted molar refractivity (Wildman–Crippen MR) is 82.1 cm³/mol. The number of anilines is 1. The van der Waals surface area contributed by atoms with Gasteiger partial charge in [-0.15, -0.1) is 0 Å². The Labute approximate surface area is 126 Å². The van der Waals surface area contributed by atoms with Crippen molar-refractivity contribution in [3.63, 3.8) is 0 Å². The molecule has 1 aromatic heterocycles. The molecule has 0 bridgehead atoms. The summed E-state index contributed by atoms with van der Waals surface area (Å²) >= 11 is 3.40. The largest absolute Gasteiger partial charge is 0.396 e. The number of halogens is 1. The molecule has 0 spiro atoms. The van der Waals surface area contributed by atoms with Gasteiger partial charge in [0.2, 0.25) is 5.91 Å². The van der Waals surface area contributed by atoms with Gasteiger partial charge in [-0.25, -0.2) is 0 Å². The molecule has 2 rings (SSSR count). The Morgan fingerprint density at radius 2 is 2.20 bits per heavy atom. The highest BCUT2D eigenvalue weighted by molar-refractivity contribution is 9.10. The van der Waals surface area contributed by atoms with Crippen LogP contribution in [0.1, 0.15) is 17.0 Å². The zero-order valence-corrected chi connectivity index (χ0v) is 13.1. The number of carbonyl (C=O) groups is 1. The van der Waals surface area contributed by atoms with Gasteiger partial charge in [0.25, 0.3) is 0 Å². The molecule has 0 fully saturated rings. The Morgan fingerprint density at radius 3 is 2.80 bits per heavy atom. The summed E-state index contributed by atoms with van der Waals surface area (Å²) < 4.78 is 2.62. The van der Waals surface area contributed by atoms with E-state index in [0.29, 0.717) is 12.2 Å². The maximum absolute atomic E-state index is 11.9. The molecule has 0 unspecified atom stereocenters. The number of nitrogens with one attached hydrogen (secondary N) is 1. The van der Waals surface area contributed by atoms with E-state index in [1.165, 1.54) is 0 Å². The minimum absolute atomic E-state index is 0.0874. The molecule has 5 nitrogen and oxygen atoms in total. The van der Waals surface area contributed by atoms with Gasteiger partial charge in [-0.05, 0) is 31.5 Å². The monoisotopic (exact) mass is 336 g/mol. The van der Waals surface area contributed by atoms with E-state index < -0.39 is 0 Å². The molecule has 2 aromatic rings. The van der Waals surface area contributed by atoms with Gasteiger partial charge in [-0.1, -0.05) is 28.1 Å². The minimum atomic E-state index is -0.0874. The molecule has 0 atom stereocenters. The summed E-state index contributed by atoms with van der Waals surface area (Å²) in [5, 5.41) is 7.11. The summed E-state index contributed by atoms with van der Waals surface area (Å²) in [7, 11) is 0. The van der Waals surface area contributed by atoms with Gasteiger partial charge < -0.3 is 11.1 Å². The quantitative estimate of drug-likeness (QED) is 0.898. The molecule has 0 aliphatic carbocycles. The zero-order chi connectivity index (χ0) is 14.7. The minimum Gasteiger partial charge on any atom is -0.396 e. The van der Waals surface area contributed by atoms with Crippen LogP contribution in [0, 0.1) is 13.8 Å². The van der Waals surface area contributed by atoms with Crippen molar-refractivity contribution in [2.75, 3.05) is 5.73 Å². The van der Waals surface area contributed by atoms with E-state index in [-0.39, 0.29) is 12.5 Å². The van der Waals surface area contributed by atoms with Gasteiger partial charge in [0, 0.05) is 11.0 Å². The number of carbonyl (C=O) groups excluding carboxylic acids is 1. The van der Waals surface area contributed by atoms with E-state index in [1.807, 2.05) is 38.1 Å². The van der Waals surface area contributed by atoms with Crippen LogP contribution in [0.25, 0.3) is 0 Å². The van der Waals surface area contributed by atoms with Gasteiger partial charge in [0.05, 0.1) is 17.1 Å². The number of rotatable bonds is 4. The number of hydrogen-bond acceptors (Lipinski definition) is 3. The van der Waals surface area contributed by atoms with Crippen molar-refractivity contribution in [3.05, 3.63) is 45.7 Å². The Kier molecular flexibility index (Phi) is 4.44. The first-order valence-corrected chi connectivity index (χ1v) is 7.07. The van der Waals surface area contributed by atoms with E-state index in [4.69, 9.17) is 5.73 Å². The number of aryl methyl sites for hydroxylation is 1. The number of aromatic nitrogens is 2. The molecule has 6 heteroatoms. The van der Waals surface area contributed by atoms with Crippen LogP contribution in [0.2, 0.25) is 0 Å². The predicted octanol–water partition coefficient (Wildman–Crippen LogP) is 2.16. The molecule has 3 N–H and O–H groups in total. The number of nitrogens with two attached hydrogens (primary N) is 1. The third-order valence-corrected chi connectivity index (χ3v) is 3.60.